The lowest BCUT2D eigenvalue weighted by Gasteiger charge is -2.11. The van der Waals surface area contributed by atoms with Crippen molar-refractivity contribution < 1.29 is 4.74 Å². The molecule has 0 saturated carbocycles. The Morgan fingerprint density at radius 3 is 2.58 bits per heavy atom. The largest absolute Gasteiger partial charge is 0.492 e. The molecular formula is C14H17ClN2OS. The van der Waals surface area contributed by atoms with Gasteiger partial charge < -0.3 is 10.5 Å². The molecule has 2 rings (SSSR count). The number of aryl methyl sites for hydroxylation is 2. The van der Waals surface area contributed by atoms with Crippen molar-refractivity contribution in [2.75, 3.05) is 6.61 Å². The number of benzene rings is 1. The van der Waals surface area contributed by atoms with Gasteiger partial charge in [0.25, 0.3) is 0 Å². The summed E-state index contributed by atoms with van der Waals surface area (Å²) in [4.78, 5) is 5.73. The van der Waals surface area contributed by atoms with Crippen LogP contribution >= 0.6 is 22.9 Å². The summed E-state index contributed by atoms with van der Waals surface area (Å²) < 4.78 is 5.63. The molecule has 0 aliphatic rings. The van der Waals surface area contributed by atoms with Gasteiger partial charge in [-0.2, -0.15) is 0 Å². The average Bonchev–Trinajstić information content (AvgIpc) is 2.67. The third kappa shape index (κ3) is 4.20. The Hall–Kier alpha value is -1.10. The van der Waals surface area contributed by atoms with E-state index in [4.69, 9.17) is 22.1 Å². The fourth-order valence-corrected chi connectivity index (χ4v) is 2.80. The number of thiazole rings is 1. The van der Waals surface area contributed by atoms with Crippen LogP contribution in [0.1, 0.15) is 15.6 Å². The summed E-state index contributed by atoms with van der Waals surface area (Å²) in [6.45, 7) is 4.57. The van der Waals surface area contributed by atoms with Crippen molar-refractivity contribution in [3.8, 4) is 5.75 Å². The predicted octanol–water partition coefficient (Wildman–Crippen LogP) is 3.36. The maximum absolute atomic E-state index is 6.06. The zero-order valence-electron chi connectivity index (χ0n) is 11.0. The van der Waals surface area contributed by atoms with Crippen molar-refractivity contribution in [1.29, 1.82) is 0 Å². The molecule has 0 bridgehead atoms. The lowest BCUT2D eigenvalue weighted by Crippen LogP contribution is -2.30. The summed E-state index contributed by atoms with van der Waals surface area (Å²) in [6.07, 6.45) is 0.743. The maximum atomic E-state index is 6.06. The molecule has 2 aromatic rings. The zero-order chi connectivity index (χ0) is 13.8. The van der Waals surface area contributed by atoms with E-state index < -0.39 is 0 Å². The van der Waals surface area contributed by atoms with E-state index in [1.165, 1.54) is 4.88 Å². The first-order valence-corrected chi connectivity index (χ1v) is 7.31. The molecule has 0 spiro atoms. The van der Waals surface area contributed by atoms with Gasteiger partial charge in [-0.15, -0.1) is 11.3 Å². The summed E-state index contributed by atoms with van der Waals surface area (Å²) >= 11 is 7.51. The van der Waals surface area contributed by atoms with Crippen molar-refractivity contribution in [2.45, 2.75) is 26.3 Å². The molecular weight excluding hydrogens is 280 g/mol. The van der Waals surface area contributed by atoms with Crippen molar-refractivity contribution in [2.24, 2.45) is 5.73 Å². The van der Waals surface area contributed by atoms with Crippen molar-refractivity contribution in [1.82, 2.24) is 4.98 Å². The minimum atomic E-state index is -0.0550. The molecule has 1 aromatic heterocycles. The molecule has 1 aromatic carbocycles. The monoisotopic (exact) mass is 296 g/mol. The molecule has 0 aliphatic carbocycles. The van der Waals surface area contributed by atoms with Crippen molar-refractivity contribution in [3.63, 3.8) is 0 Å². The number of nitrogens with zero attached hydrogens (tertiary/aromatic N) is 1. The van der Waals surface area contributed by atoms with Crippen LogP contribution in [0, 0.1) is 13.8 Å². The van der Waals surface area contributed by atoms with Gasteiger partial charge in [0.05, 0.1) is 10.7 Å². The van der Waals surface area contributed by atoms with Gasteiger partial charge in [0, 0.05) is 22.4 Å². The fraction of sp³-hybridized carbons (Fsp3) is 0.357. The Balaban J connectivity index is 1.84. The number of hydrogen-bond acceptors (Lipinski definition) is 4. The van der Waals surface area contributed by atoms with Crippen LogP contribution in [0.5, 0.6) is 5.75 Å². The van der Waals surface area contributed by atoms with Crippen molar-refractivity contribution >= 4 is 22.9 Å². The Bertz CT molecular complexity index is 519. The minimum absolute atomic E-state index is 0.0550. The normalized spacial score (nSPS) is 12.4. The third-order valence-electron chi connectivity index (χ3n) is 2.79. The van der Waals surface area contributed by atoms with Gasteiger partial charge in [0.15, 0.2) is 0 Å². The van der Waals surface area contributed by atoms with E-state index in [1.807, 2.05) is 19.1 Å². The molecule has 19 heavy (non-hydrogen) atoms. The van der Waals surface area contributed by atoms with E-state index >= 15 is 0 Å². The van der Waals surface area contributed by atoms with Gasteiger partial charge >= 0.3 is 0 Å². The molecule has 3 nitrogen and oxygen atoms in total. The molecule has 0 radical (unpaired) electrons. The fourth-order valence-electron chi connectivity index (χ4n) is 1.64. The van der Waals surface area contributed by atoms with E-state index in [-0.39, 0.29) is 6.04 Å². The minimum Gasteiger partial charge on any atom is -0.492 e. The molecule has 0 amide bonds. The zero-order valence-corrected chi connectivity index (χ0v) is 12.6. The lowest BCUT2D eigenvalue weighted by atomic mass is 10.2. The molecule has 1 atom stereocenters. The van der Waals surface area contributed by atoms with Crippen LogP contribution in [0.2, 0.25) is 5.02 Å². The Labute approximate surface area is 122 Å². The predicted molar refractivity (Wildman–Crippen MR) is 80.2 cm³/mol. The van der Waals surface area contributed by atoms with Crippen LogP contribution in [0.25, 0.3) is 0 Å². The second-order valence-corrected chi connectivity index (χ2v) is 6.20. The Kier molecular flexibility index (Phi) is 4.80. The first-order chi connectivity index (χ1) is 9.04. The summed E-state index contributed by atoms with van der Waals surface area (Å²) in [5.74, 6) is 0.784. The first-order valence-electron chi connectivity index (χ1n) is 6.11. The maximum Gasteiger partial charge on any atom is 0.119 e. The highest BCUT2D eigenvalue weighted by Crippen LogP contribution is 2.18. The van der Waals surface area contributed by atoms with E-state index in [9.17, 15) is 0 Å². The summed E-state index contributed by atoms with van der Waals surface area (Å²) in [7, 11) is 0. The summed E-state index contributed by atoms with van der Waals surface area (Å²) in [6, 6.07) is 7.23. The molecule has 1 unspecified atom stereocenters. The topological polar surface area (TPSA) is 48.1 Å². The lowest BCUT2D eigenvalue weighted by molar-refractivity contribution is 0.287. The number of hydrogen-bond donors (Lipinski definition) is 1. The smallest absolute Gasteiger partial charge is 0.119 e. The highest BCUT2D eigenvalue weighted by Gasteiger charge is 2.10. The first kappa shape index (κ1) is 14.3. The third-order valence-corrected chi connectivity index (χ3v) is 4.13. The van der Waals surface area contributed by atoms with Crippen LogP contribution in [0.4, 0.5) is 0 Å². The number of rotatable bonds is 5. The summed E-state index contributed by atoms with van der Waals surface area (Å²) in [5.41, 5.74) is 7.15. The van der Waals surface area contributed by atoms with E-state index in [1.54, 1.807) is 23.5 Å². The highest BCUT2D eigenvalue weighted by molar-refractivity contribution is 7.11. The van der Waals surface area contributed by atoms with Gasteiger partial charge in [0.1, 0.15) is 12.4 Å². The molecule has 0 saturated heterocycles. The van der Waals surface area contributed by atoms with E-state index in [2.05, 4.69) is 11.9 Å². The van der Waals surface area contributed by atoms with Crippen LogP contribution in [0.3, 0.4) is 0 Å². The van der Waals surface area contributed by atoms with Gasteiger partial charge in [-0.25, -0.2) is 4.98 Å². The summed E-state index contributed by atoms with van der Waals surface area (Å²) in [5, 5.41) is 1.77. The van der Waals surface area contributed by atoms with E-state index in [0.717, 1.165) is 22.9 Å². The van der Waals surface area contributed by atoms with Gasteiger partial charge in [-0.3, -0.25) is 0 Å². The van der Waals surface area contributed by atoms with Crippen LogP contribution in [0.15, 0.2) is 24.3 Å². The van der Waals surface area contributed by atoms with Crippen LogP contribution in [-0.4, -0.2) is 17.6 Å². The van der Waals surface area contributed by atoms with Gasteiger partial charge in [0.2, 0.25) is 0 Å². The molecule has 102 valence electrons. The standard InChI is InChI=1S/C14H17ClN2OS/c1-9-10(2)19-14(17-9)7-12(16)8-18-13-5-3-11(15)4-6-13/h3-6,12H,7-8,16H2,1-2H3. The van der Waals surface area contributed by atoms with Gasteiger partial charge in [-0.1, -0.05) is 11.6 Å². The average molecular weight is 297 g/mol. The Morgan fingerprint density at radius 2 is 2.00 bits per heavy atom. The molecule has 0 aliphatic heterocycles. The van der Waals surface area contributed by atoms with E-state index in [0.29, 0.717) is 11.6 Å². The van der Waals surface area contributed by atoms with Gasteiger partial charge in [-0.05, 0) is 38.1 Å². The van der Waals surface area contributed by atoms with Crippen LogP contribution in [-0.2, 0) is 6.42 Å². The molecule has 1 heterocycles. The van der Waals surface area contributed by atoms with Crippen LogP contribution < -0.4 is 10.5 Å². The number of aromatic nitrogens is 1. The number of halogens is 1. The second kappa shape index (κ2) is 6.37. The number of ether oxygens (including phenoxy) is 1. The SMILES string of the molecule is Cc1nc(CC(N)COc2ccc(Cl)cc2)sc1C. The molecule has 2 N–H and O–H groups in total. The molecule has 0 fully saturated rings. The highest BCUT2D eigenvalue weighted by atomic mass is 35.5. The quantitative estimate of drug-likeness (QED) is 0.920. The second-order valence-electron chi connectivity index (χ2n) is 4.48. The van der Waals surface area contributed by atoms with Crippen molar-refractivity contribution in [3.05, 3.63) is 44.9 Å². The Morgan fingerprint density at radius 1 is 1.32 bits per heavy atom. The number of nitrogens with two attached hydrogens (primary N) is 1. The molecule has 5 heteroatoms.